The van der Waals surface area contributed by atoms with E-state index >= 15 is 0 Å². The fraction of sp³-hybridized carbons (Fsp3) is 0.231. The predicted molar refractivity (Wildman–Crippen MR) is 126 cm³/mol. The number of benzene rings is 3. The zero-order valence-electron chi connectivity index (χ0n) is 18.6. The number of methoxy groups -OCH3 is 2. The maximum absolute atomic E-state index is 12.9. The van der Waals surface area contributed by atoms with Crippen LogP contribution in [-0.4, -0.2) is 32.6 Å². The summed E-state index contributed by atoms with van der Waals surface area (Å²) in [7, 11) is 3.07. The average Bonchev–Trinajstić information content (AvgIpc) is 3.25. The summed E-state index contributed by atoms with van der Waals surface area (Å²) in [6, 6.07) is 22.4. The van der Waals surface area contributed by atoms with Crippen molar-refractivity contribution in [3.8, 4) is 17.2 Å². The van der Waals surface area contributed by atoms with E-state index in [0.29, 0.717) is 36.8 Å². The molecule has 0 radical (unpaired) electrons. The number of hydrogen-bond acceptors (Lipinski definition) is 5. The van der Waals surface area contributed by atoms with Crippen molar-refractivity contribution >= 4 is 23.2 Å². The number of ether oxygens (including phenoxy) is 3. The first-order valence-electron chi connectivity index (χ1n) is 10.7. The highest BCUT2D eigenvalue weighted by Gasteiger charge is 2.37. The maximum Gasteiger partial charge on any atom is 0.239 e. The Morgan fingerprint density at radius 2 is 1.70 bits per heavy atom. The molecule has 0 aromatic heterocycles. The fourth-order valence-corrected chi connectivity index (χ4v) is 3.79. The van der Waals surface area contributed by atoms with Gasteiger partial charge in [0.1, 0.15) is 18.3 Å². The van der Waals surface area contributed by atoms with E-state index in [1.165, 1.54) is 7.11 Å². The van der Waals surface area contributed by atoms with Crippen LogP contribution in [0.5, 0.6) is 17.2 Å². The van der Waals surface area contributed by atoms with Crippen LogP contribution in [0.2, 0.25) is 0 Å². The van der Waals surface area contributed by atoms with Gasteiger partial charge in [0.05, 0.1) is 14.2 Å². The molecule has 1 heterocycles. The van der Waals surface area contributed by atoms with Crippen LogP contribution < -0.4 is 24.4 Å². The van der Waals surface area contributed by atoms with Gasteiger partial charge in [-0.15, -0.1) is 0 Å². The lowest BCUT2D eigenvalue weighted by Crippen LogP contribution is -2.33. The lowest BCUT2D eigenvalue weighted by Gasteiger charge is -2.17. The van der Waals surface area contributed by atoms with Gasteiger partial charge in [-0.25, -0.2) is 0 Å². The Morgan fingerprint density at radius 3 is 2.39 bits per heavy atom. The lowest BCUT2D eigenvalue weighted by molar-refractivity contribution is -0.129. The second-order valence-corrected chi connectivity index (χ2v) is 7.66. The van der Waals surface area contributed by atoms with E-state index in [4.69, 9.17) is 14.2 Å². The molecule has 1 fully saturated rings. The molecule has 0 spiro atoms. The molecule has 3 aromatic carbocycles. The van der Waals surface area contributed by atoms with E-state index < -0.39 is 5.92 Å². The van der Waals surface area contributed by atoms with Crippen molar-refractivity contribution in [2.75, 3.05) is 31.0 Å². The molecule has 3 aromatic rings. The molecule has 4 rings (SSSR count). The minimum absolute atomic E-state index is 0.217. The second-order valence-electron chi connectivity index (χ2n) is 7.66. The summed E-state index contributed by atoms with van der Waals surface area (Å²) in [5.41, 5.74) is 2.37. The Hall–Kier alpha value is -4.00. The number of rotatable bonds is 8. The molecule has 0 saturated carbocycles. The highest BCUT2D eigenvalue weighted by atomic mass is 16.5. The van der Waals surface area contributed by atoms with Gasteiger partial charge < -0.3 is 24.4 Å². The molecule has 33 heavy (non-hydrogen) atoms. The van der Waals surface area contributed by atoms with Gasteiger partial charge in [-0.05, 0) is 48.4 Å². The molecule has 2 amide bonds. The summed E-state index contributed by atoms with van der Waals surface area (Å²) < 4.78 is 16.3. The Bertz CT molecular complexity index is 1120. The summed E-state index contributed by atoms with van der Waals surface area (Å²) >= 11 is 0. The van der Waals surface area contributed by atoms with Gasteiger partial charge in [-0.3, -0.25) is 9.59 Å². The van der Waals surface area contributed by atoms with Crippen LogP contribution in [0.1, 0.15) is 12.0 Å². The van der Waals surface area contributed by atoms with Crippen LogP contribution in [0, 0.1) is 5.92 Å². The van der Waals surface area contributed by atoms with Crippen LogP contribution in [-0.2, 0) is 16.2 Å². The standard InChI is InChI=1S/C26H26N2O5/c1-31-23-13-8-19(16-24(23)32-2)27-25(29)22-14-15-28(26(22)30)20-9-11-21(12-10-20)33-17-18-6-4-3-5-7-18/h3-13,16,22H,14-15,17H2,1-2H3,(H,27,29)/t22-/m1/s1. The molecule has 7 nitrogen and oxygen atoms in total. The number of nitrogens with zero attached hydrogens (tertiary/aromatic N) is 1. The SMILES string of the molecule is COc1ccc(NC(=O)[C@H]2CCN(c3ccc(OCc4ccccc4)cc3)C2=O)cc1OC. The van der Waals surface area contributed by atoms with Crippen molar-refractivity contribution in [1.29, 1.82) is 0 Å². The third-order valence-electron chi connectivity index (χ3n) is 5.57. The maximum atomic E-state index is 12.9. The highest BCUT2D eigenvalue weighted by molar-refractivity contribution is 6.13. The summed E-state index contributed by atoms with van der Waals surface area (Å²) in [5.74, 6) is 0.492. The van der Waals surface area contributed by atoms with E-state index in [-0.39, 0.29) is 11.8 Å². The third-order valence-corrected chi connectivity index (χ3v) is 5.57. The van der Waals surface area contributed by atoms with Crippen molar-refractivity contribution in [2.24, 2.45) is 5.92 Å². The van der Waals surface area contributed by atoms with Crippen LogP contribution in [0.25, 0.3) is 0 Å². The molecule has 0 aliphatic carbocycles. The van der Waals surface area contributed by atoms with Gasteiger partial charge in [0.15, 0.2) is 11.5 Å². The summed E-state index contributed by atoms with van der Waals surface area (Å²) in [6.45, 7) is 0.953. The molecule has 0 bridgehead atoms. The van der Waals surface area contributed by atoms with E-state index in [2.05, 4.69) is 5.32 Å². The van der Waals surface area contributed by atoms with Crippen LogP contribution in [0.4, 0.5) is 11.4 Å². The molecule has 1 atom stereocenters. The number of amides is 2. The lowest BCUT2D eigenvalue weighted by atomic mass is 10.1. The first-order chi connectivity index (χ1) is 16.1. The molecule has 0 unspecified atom stereocenters. The first-order valence-corrected chi connectivity index (χ1v) is 10.7. The zero-order valence-corrected chi connectivity index (χ0v) is 18.6. The topological polar surface area (TPSA) is 77.1 Å². The number of carbonyl (C=O) groups is 2. The number of nitrogens with one attached hydrogen (secondary N) is 1. The molecule has 170 valence electrons. The number of hydrogen-bond donors (Lipinski definition) is 1. The van der Waals surface area contributed by atoms with E-state index in [9.17, 15) is 9.59 Å². The van der Waals surface area contributed by atoms with Gasteiger partial charge in [0, 0.05) is 24.0 Å². The van der Waals surface area contributed by atoms with E-state index in [1.807, 2.05) is 54.6 Å². The smallest absolute Gasteiger partial charge is 0.239 e. The van der Waals surface area contributed by atoms with Gasteiger partial charge in [0.2, 0.25) is 11.8 Å². The summed E-state index contributed by atoms with van der Waals surface area (Å²) in [5, 5.41) is 2.81. The molecule has 1 aliphatic heterocycles. The summed E-state index contributed by atoms with van der Waals surface area (Å²) in [4.78, 5) is 27.4. The molecular formula is C26H26N2O5. The monoisotopic (exact) mass is 446 g/mol. The van der Waals surface area contributed by atoms with Crippen molar-refractivity contribution in [1.82, 2.24) is 0 Å². The van der Waals surface area contributed by atoms with Crippen molar-refractivity contribution < 1.29 is 23.8 Å². The third kappa shape index (κ3) is 5.09. The minimum Gasteiger partial charge on any atom is -0.493 e. The van der Waals surface area contributed by atoms with Crippen molar-refractivity contribution in [3.05, 3.63) is 78.4 Å². The highest BCUT2D eigenvalue weighted by Crippen LogP contribution is 2.31. The molecular weight excluding hydrogens is 420 g/mol. The van der Waals surface area contributed by atoms with Crippen LogP contribution in [0.15, 0.2) is 72.8 Å². The average molecular weight is 447 g/mol. The van der Waals surface area contributed by atoms with Gasteiger partial charge in [-0.2, -0.15) is 0 Å². The molecule has 7 heteroatoms. The van der Waals surface area contributed by atoms with Crippen molar-refractivity contribution in [3.63, 3.8) is 0 Å². The quantitative estimate of drug-likeness (QED) is 0.523. The Morgan fingerprint density at radius 1 is 0.970 bits per heavy atom. The summed E-state index contributed by atoms with van der Waals surface area (Å²) in [6.07, 6.45) is 0.449. The van der Waals surface area contributed by atoms with Crippen molar-refractivity contribution in [2.45, 2.75) is 13.0 Å². The van der Waals surface area contributed by atoms with Gasteiger partial charge >= 0.3 is 0 Å². The largest absolute Gasteiger partial charge is 0.493 e. The normalized spacial score (nSPS) is 15.3. The Balaban J connectivity index is 1.36. The van der Waals surface area contributed by atoms with Gasteiger partial charge in [-0.1, -0.05) is 30.3 Å². The first kappa shape index (κ1) is 22.2. The minimum atomic E-state index is -0.743. The Labute approximate surface area is 192 Å². The fourth-order valence-electron chi connectivity index (χ4n) is 3.79. The van der Waals surface area contributed by atoms with E-state index in [1.54, 1.807) is 30.2 Å². The molecule has 1 saturated heterocycles. The number of anilines is 2. The Kier molecular flexibility index (Phi) is 6.78. The molecule has 1 N–H and O–H groups in total. The molecule has 1 aliphatic rings. The zero-order chi connectivity index (χ0) is 23.2. The number of carbonyl (C=O) groups excluding carboxylic acids is 2. The van der Waals surface area contributed by atoms with Gasteiger partial charge in [0.25, 0.3) is 0 Å². The van der Waals surface area contributed by atoms with E-state index in [0.717, 1.165) is 17.0 Å². The van der Waals surface area contributed by atoms with Crippen LogP contribution in [0.3, 0.4) is 0 Å². The predicted octanol–water partition coefficient (Wildman–Crippen LogP) is 4.27. The second kappa shape index (κ2) is 10.1. The van der Waals surface area contributed by atoms with Crippen LogP contribution >= 0.6 is 0 Å².